The van der Waals surface area contributed by atoms with Crippen molar-refractivity contribution in [1.82, 2.24) is 15.4 Å². The van der Waals surface area contributed by atoms with Gasteiger partial charge in [-0.15, -0.1) is 0 Å². The molecule has 0 radical (unpaired) electrons. The van der Waals surface area contributed by atoms with Crippen LogP contribution >= 0.6 is 12.2 Å². The van der Waals surface area contributed by atoms with E-state index in [-0.39, 0.29) is 12.0 Å². The Morgan fingerprint density at radius 3 is 2.71 bits per heavy atom. The second kappa shape index (κ2) is 8.71. The van der Waals surface area contributed by atoms with Crippen molar-refractivity contribution in [3.8, 4) is 11.5 Å². The lowest BCUT2D eigenvalue weighted by Crippen LogP contribution is -2.17. The zero-order chi connectivity index (χ0) is 20.1. The van der Waals surface area contributed by atoms with Crippen molar-refractivity contribution < 1.29 is 14.3 Å². The fourth-order valence-electron chi connectivity index (χ4n) is 2.63. The maximum Gasteiger partial charge on any atom is 0.271 e. The summed E-state index contributed by atoms with van der Waals surface area (Å²) in [5, 5.41) is 4.04. The van der Waals surface area contributed by atoms with Gasteiger partial charge in [-0.3, -0.25) is 4.79 Å². The number of ether oxygens (including phenoxy) is 2. The topological polar surface area (TPSA) is 91.5 Å². The number of H-pyrrole nitrogens is 2. The van der Waals surface area contributed by atoms with Crippen molar-refractivity contribution in [1.29, 1.82) is 0 Å². The molecule has 0 saturated carbocycles. The van der Waals surface area contributed by atoms with E-state index in [1.165, 1.54) is 0 Å². The van der Waals surface area contributed by atoms with E-state index in [0.29, 0.717) is 28.4 Å². The highest BCUT2D eigenvalue weighted by molar-refractivity contribution is 7.71. The molecule has 3 aromatic rings. The Balaban J connectivity index is 1.71. The standard InChI is InChI=1S/C20H22N4O3S/c1-4-26-18-9-13(5-8-17(18)27-12(2)3)11-21-24-19(25)14-6-7-15-16(10-14)23-20(28)22-15/h5-12H,4H2,1-3H3,(H,24,25)(H2,22,23,28)/b21-11-. The number of hydrogen-bond acceptors (Lipinski definition) is 5. The molecule has 1 amide bonds. The minimum Gasteiger partial charge on any atom is -0.490 e. The predicted molar refractivity (Wildman–Crippen MR) is 112 cm³/mol. The van der Waals surface area contributed by atoms with Crippen molar-refractivity contribution in [2.24, 2.45) is 5.10 Å². The van der Waals surface area contributed by atoms with Gasteiger partial charge in [0.15, 0.2) is 16.3 Å². The number of hydrazone groups is 1. The van der Waals surface area contributed by atoms with Gasteiger partial charge < -0.3 is 19.4 Å². The number of nitrogens with one attached hydrogen (secondary N) is 3. The molecule has 1 aromatic heterocycles. The van der Waals surface area contributed by atoms with Gasteiger partial charge in [0.05, 0.1) is 30.0 Å². The van der Waals surface area contributed by atoms with Crippen molar-refractivity contribution >= 4 is 35.4 Å². The Hall–Kier alpha value is -3.13. The van der Waals surface area contributed by atoms with Crippen LogP contribution in [0.4, 0.5) is 0 Å². The molecule has 0 aliphatic rings. The number of hydrogen-bond donors (Lipinski definition) is 3. The molecule has 0 unspecified atom stereocenters. The summed E-state index contributed by atoms with van der Waals surface area (Å²) in [4.78, 5) is 18.3. The maximum absolute atomic E-state index is 12.3. The van der Waals surface area contributed by atoms with Crippen molar-refractivity contribution in [3.05, 3.63) is 52.3 Å². The lowest BCUT2D eigenvalue weighted by molar-refractivity contribution is 0.0955. The smallest absolute Gasteiger partial charge is 0.271 e. The highest BCUT2D eigenvalue weighted by atomic mass is 32.1. The van der Waals surface area contributed by atoms with E-state index in [1.807, 2.05) is 39.0 Å². The Morgan fingerprint density at radius 2 is 1.96 bits per heavy atom. The lowest BCUT2D eigenvalue weighted by Gasteiger charge is -2.14. The molecular weight excluding hydrogens is 376 g/mol. The minimum atomic E-state index is -0.316. The number of aromatic nitrogens is 2. The average molecular weight is 398 g/mol. The van der Waals surface area contributed by atoms with Crippen LogP contribution in [-0.2, 0) is 0 Å². The lowest BCUT2D eigenvalue weighted by atomic mass is 10.2. The molecule has 0 spiro atoms. The van der Waals surface area contributed by atoms with Gasteiger partial charge in [-0.05, 0) is 75.0 Å². The molecule has 0 bridgehead atoms. The van der Waals surface area contributed by atoms with Crippen molar-refractivity contribution in [2.75, 3.05) is 6.61 Å². The summed E-state index contributed by atoms with van der Waals surface area (Å²) in [7, 11) is 0. The fraction of sp³-hybridized carbons (Fsp3) is 0.250. The van der Waals surface area contributed by atoms with E-state index in [1.54, 1.807) is 24.4 Å². The molecule has 3 rings (SSSR count). The molecule has 0 saturated heterocycles. The van der Waals surface area contributed by atoms with Gasteiger partial charge in [0.1, 0.15) is 0 Å². The molecule has 0 atom stereocenters. The van der Waals surface area contributed by atoms with E-state index < -0.39 is 0 Å². The Kier molecular flexibility index (Phi) is 6.10. The molecule has 28 heavy (non-hydrogen) atoms. The van der Waals surface area contributed by atoms with Crippen molar-refractivity contribution in [3.63, 3.8) is 0 Å². The first-order chi connectivity index (χ1) is 13.5. The summed E-state index contributed by atoms with van der Waals surface area (Å²) in [5.74, 6) is 0.998. The van der Waals surface area contributed by atoms with E-state index >= 15 is 0 Å². The quantitative estimate of drug-likeness (QED) is 0.316. The van der Waals surface area contributed by atoms with E-state index in [9.17, 15) is 4.79 Å². The van der Waals surface area contributed by atoms with Crippen LogP contribution in [0.1, 0.15) is 36.7 Å². The highest BCUT2D eigenvalue weighted by Crippen LogP contribution is 2.29. The summed E-state index contributed by atoms with van der Waals surface area (Å²) in [6.07, 6.45) is 1.60. The normalized spacial score (nSPS) is 11.3. The van der Waals surface area contributed by atoms with Crippen LogP contribution in [0.15, 0.2) is 41.5 Å². The Morgan fingerprint density at radius 1 is 1.18 bits per heavy atom. The predicted octanol–water partition coefficient (Wildman–Crippen LogP) is 4.18. The maximum atomic E-state index is 12.3. The van der Waals surface area contributed by atoms with Gasteiger partial charge in [0.25, 0.3) is 5.91 Å². The molecule has 2 aromatic carbocycles. The van der Waals surface area contributed by atoms with Gasteiger partial charge in [-0.1, -0.05) is 0 Å². The molecule has 146 valence electrons. The number of carbonyl (C=O) groups excluding carboxylic acids is 1. The van der Waals surface area contributed by atoms with Gasteiger partial charge >= 0.3 is 0 Å². The summed E-state index contributed by atoms with van der Waals surface area (Å²) >= 11 is 5.05. The third kappa shape index (κ3) is 4.77. The number of nitrogens with zero attached hydrogens (tertiary/aromatic N) is 1. The Bertz CT molecular complexity index is 1070. The summed E-state index contributed by atoms with van der Waals surface area (Å²) in [6, 6.07) is 10.7. The highest BCUT2D eigenvalue weighted by Gasteiger charge is 2.09. The van der Waals surface area contributed by atoms with Gasteiger partial charge in [0, 0.05) is 5.56 Å². The third-order valence-corrected chi connectivity index (χ3v) is 3.99. The van der Waals surface area contributed by atoms with E-state index in [4.69, 9.17) is 21.7 Å². The zero-order valence-electron chi connectivity index (χ0n) is 15.9. The first-order valence-electron chi connectivity index (χ1n) is 8.95. The van der Waals surface area contributed by atoms with Crippen molar-refractivity contribution in [2.45, 2.75) is 26.9 Å². The van der Waals surface area contributed by atoms with Crippen LogP contribution in [-0.4, -0.2) is 34.8 Å². The molecule has 0 aliphatic heterocycles. The van der Waals surface area contributed by atoms with Gasteiger partial charge in [-0.2, -0.15) is 5.10 Å². The van der Waals surface area contributed by atoms with Crippen LogP contribution in [0.5, 0.6) is 11.5 Å². The largest absolute Gasteiger partial charge is 0.490 e. The SMILES string of the molecule is CCOc1cc(/C=N\NC(=O)c2ccc3[nH]c(=S)[nH]c3c2)ccc1OC(C)C. The number of amides is 1. The molecule has 0 fully saturated rings. The second-order valence-corrected chi connectivity index (χ2v) is 6.75. The molecule has 8 heteroatoms. The zero-order valence-corrected chi connectivity index (χ0v) is 16.7. The molecule has 3 N–H and O–H groups in total. The number of rotatable bonds is 7. The van der Waals surface area contributed by atoms with E-state index in [2.05, 4.69) is 20.5 Å². The monoisotopic (exact) mass is 398 g/mol. The number of aromatic amines is 2. The number of imidazole rings is 1. The van der Waals surface area contributed by atoms with Gasteiger partial charge in [0.2, 0.25) is 0 Å². The Labute approximate surface area is 167 Å². The average Bonchev–Trinajstić information content (AvgIpc) is 3.02. The number of carbonyl (C=O) groups is 1. The van der Waals surface area contributed by atoms with Crippen LogP contribution in [0.25, 0.3) is 11.0 Å². The van der Waals surface area contributed by atoms with Crippen LogP contribution < -0.4 is 14.9 Å². The number of fused-ring (bicyclic) bond motifs is 1. The van der Waals surface area contributed by atoms with Crippen LogP contribution in [0.3, 0.4) is 0 Å². The first kappa shape index (κ1) is 19.6. The second-order valence-electron chi connectivity index (χ2n) is 6.34. The third-order valence-electron chi connectivity index (χ3n) is 3.79. The summed E-state index contributed by atoms with van der Waals surface area (Å²) in [6.45, 7) is 6.35. The molecule has 0 aliphatic carbocycles. The fourth-order valence-corrected chi connectivity index (χ4v) is 2.85. The van der Waals surface area contributed by atoms with Gasteiger partial charge in [-0.25, -0.2) is 5.43 Å². The molecule has 1 heterocycles. The van der Waals surface area contributed by atoms with E-state index in [0.717, 1.165) is 16.6 Å². The summed E-state index contributed by atoms with van der Waals surface area (Å²) in [5.41, 5.74) is 5.40. The number of benzene rings is 2. The molecule has 7 nitrogen and oxygen atoms in total. The van der Waals surface area contributed by atoms with Crippen LogP contribution in [0.2, 0.25) is 0 Å². The first-order valence-corrected chi connectivity index (χ1v) is 9.36. The van der Waals surface area contributed by atoms with Crippen LogP contribution in [0, 0.1) is 4.77 Å². The molecular formula is C20H22N4O3S. The minimum absolute atomic E-state index is 0.0457. The summed E-state index contributed by atoms with van der Waals surface area (Å²) < 4.78 is 11.9.